The number of hydrogen-bond donors (Lipinski definition) is 2. The number of nitrogens with zero attached hydrogens (tertiary/aromatic N) is 3. The van der Waals surface area contributed by atoms with Crippen molar-refractivity contribution in [2.45, 2.75) is 87.6 Å². The van der Waals surface area contributed by atoms with Gasteiger partial charge in [-0.3, -0.25) is 19.2 Å². The van der Waals surface area contributed by atoms with Crippen molar-refractivity contribution in [1.82, 2.24) is 20.1 Å². The lowest BCUT2D eigenvalue weighted by Gasteiger charge is -2.31. The number of carbonyl (C=O) groups is 4. The highest BCUT2D eigenvalue weighted by Gasteiger charge is 2.60. The molecule has 12 nitrogen and oxygen atoms in total. The summed E-state index contributed by atoms with van der Waals surface area (Å²) in [4.78, 5) is 63.9. The third-order valence-electron chi connectivity index (χ3n) is 11.8. The number of nitrogens with one attached hydrogen (secondary N) is 1. The molecular weight excluding hydrogens is 674 g/mol. The van der Waals surface area contributed by atoms with Crippen LogP contribution in [0, 0.1) is 11.8 Å². The Kier molecular flexibility index (Phi) is 9.57. The Labute approximate surface area is 309 Å². The maximum Gasteiger partial charge on any atom is 0.243 e. The second kappa shape index (κ2) is 14.5. The minimum Gasteiger partial charge on any atom is -0.497 e. The number of carbonyl (C=O) groups excluding carboxylic acids is 4. The van der Waals surface area contributed by atoms with Crippen LogP contribution in [0.1, 0.15) is 57.8 Å². The number of hydrogen-bond acceptors (Lipinski definition) is 8. The van der Waals surface area contributed by atoms with E-state index in [0.29, 0.717) is 48.7 Å². The molecule has 7 atom stereocenters. The molecule has 1 aliphatic carbocycles. The molecule has 0 radical (unpaired) electrons. The topological polar surface area (TPSA) is 153 Å². The largest absolute Gasteiger partial charge is 0.497 e. The summed E-state index contributed by atoms with van der Waals surface area (Å²) in [6, 6.07) is 16.4. The zero-order chi connectivity index (χ0) is 36.7. The summed E-state index contributed by atoms with van der Waals surface area (Å²) in [6.45, 7) is 1.22. The SMILES string of the molecule is COc1ccc2c(O[C@@H]3C[C@H]4C(=O)N[C@]5(C(N)=O)C[C@H]5C=CCCCCC[C@H](CC(=O)N5CC6CC5CO6)C(=O)N4C3)cc(-c3ccccc3)nc2c1. The minimum absolute atomic E-state index is 0.0476. The molecule has 3 aromatic rings. The van der Waals surface area contributed by atoms with Gasteiger partial charge in [0.1, 0.15) is 29.2 Å². The second-order valence-corrected chi connectivity index (χ2v) is 15.2. The summed E-state index contributed by atoms with van der Waals surface area (Å²) >= 11 is 0. The van der Waals surface area contributed by atoms with E-state index in [-0.39, 0.29) is 49.3 Å². The van der Waals surface area contributed by atoms with Gasteiger partial charge in [-0.15, -0.1) is 0 Å². The Morgan fingerprint density at radius 1 is 1.06 bits per heavy atom. The number of benzene rings is 2. The van der Waals surface area contributed by atoms with Gasteiger partial charge in [-0.05, 0) is 44.2 Å². The molecule has 0 spiro atoms. The van der Waals surface area contributed by atoms with Gasteiger partial charge in [-0.1, -0.05) is 55.3 Å². The predicted molar refractivity (Wildman–Crippen MR) is 197 cm³/mol. The van der Waals surface area contributed by atoms with Crippen molar-refractivity contribution >= 4 is 34.5 Å². The summed E-state index contributed by atoms with van der Waals surface area (Å²) in [7, 11) is 1.61. The molecule has 2 aromatic carbocycles. The van der Waals surface area contributed by atoms with Crippen LogP contribution in [0.25, 0.3) is 22.2 Å². The van der Waals surface area contributed by atoms with Crippen molar-refractivity contribution in [1.29, 1.82) is 0 Å². The van der Waals surface area contributed by atoms with Gasteiger partial charge in [0.05, 0.1) is 43.6 Å². The van der Waals surface area contributed by atoms with Crippen LogP contribution < -0.4 is 20.5 Å². The fourth-order valence-electron chi connectivity index (χ4n) is 8.69. The molecule has 3 N–H and O–H groups in total. The molecule has 5 aliphatic rings. The molecule has 3 saturated heterocycles. The van der Waals surface area contributed by atoms with Crippen molar-refractivity contribution in [3.63, 3.8) is 0 Å². The van der Waals surface area contributed by atoms with E-state index in [0.717, 1.165) is 43.1 Å². The molecule has 5 heterocycles. The number of likely N-dealkylation sites (tertiary alicyclic amines) is 1. The smallest absolute Gasteiger partial charge is 0.243 e. The Morgan fingerprint density at radius 2 is 1.91 bits per heavy atom. The molecule has 2 unspecified atom stereocenters. The van der Waals surface area contributed by atoms with Crippen molar-refractivity contribution < 1.29 is 33.4 Å². The van der Waals surface area contributed by atoms with Crippen molar-refractivity contribution in [2.75, 3.05) is 26.8 Å². The van der Waals surface area contributed by atoms with Crippen molar-refractivity contribution in [3.05, 3.63) is 66.7 Å². The van der Waals surface area contributed by atoms with Crippen molar-refractivity contribution in [3.8, 4) is 22.8 Å². The molecular formula is C41H47N5O7. The number of amides is 4. The van der Waals surface area contributed by atoms with Gasteiger partial charge in [-0.2, -0.15) is 0 Å². The molecule has 2 bridgehead atoms. The number of ether oxygens (including phenoxy) is 3. The molecule has 1 aromatic heterocycles. The average molecular weight is 722 g/mol. The number of methoxy groups -OCH3 is 1. The van der Waals surface area contributed by atoms with E-state index in [9.17, 15) is 19.2 Å². The van der Waals surface area contributed by atoms with E-state index in [4.69, 9.17) is 24.9 Å². The molecule has 12 heteroatoms. The van der Waals surface area contributed by atoms with E-state index < -0.39 is 35.4 Å². The summed E-state index contributed by atoms with van der Waals surface area (Å²) in [5.74, 6) is -0.905. The number of pyridine rings is 1. The Morgan fingerprint density at radius 3 is 2.66 bits per heavy atom. The van der Waals surface area contributed by atoms with Crippen LogP contribution in [0.2, 0.25) is 0 Å². The monoisotopic (exact) mass is 721 g/mol. The lowest BCUT2D eigenvalue weighted by molar-refractivity contribution is -0.146. The summed E-state index contributed by atoms with van der Waals surface area (Å²) in [5, 5.41) is 3.74. The fourth-order valence-corrected chi connectivity index (χ4v) is 8.69. The van der Waals surface area contributed by atoms with Crippen LogP contribution in [0.5, 0.6) is 11.5 Å². The van der Waals surface area contributed by atoms with Gasteiger partial charge in [0.2, 0.25) is 23.6 Å². The van der Waals surface area contributed by atoms with Gasteiger partial charge in [0.15, 0.2) is 0 Å². The molecule has 1 saturated carbocycles. The van der Waals surface area contributed by atoms with Crippen LogP contribution >= 0.6 is 0 Å². The summed E-state index contributed by atoms with van der Waals surface area (Å²) in [5.41, 5.74) is 7.00. The molecule has 4 amide bonds. The summed E-state index contributed by atoms with van der Waals surface area (Å²) < 4.78 is 18.0. The lowest BCUT2D eigenvalue weighted by atomic mass is 9.94. The first-order valence-corrected chi connectivity index (χ1v) is 18.9. The van der Waals surface area contributed by atoms with Crippen LogP contribution in [-0.4, -0.2) is 95.0 Å². The zero-order valence-corrected chi connectivity index (χ0v) is 30.1. The van der Waals surface area contributed by atoms with Gasteiger partial charge in [0, 0.05) is 54.3 Å². The number of morpholine rings is 1. The van der Waals surface area contributed by atoms with Gasteiger partial charge in [0.25, 0.3) is 0 Å². The van der Waals surface area contributed by atoms with Gasteiger partial charge in [-0.25, -0.2) is 4.98 Å². The number of nitrogens with two attached hydrogens (primary N) is 1. The Hall–Kier alpha value is -4.97. The highest BCUT2D eigenvalue weighted by molar-refractivity contribution is 5.97. The quantitative estimate of drug-likeness (QED) is 0.346. The van der Waals surface area contributed by atoms with E-state index in [1.807, 2.05) is 65.6 Å². The number of allylic oxidation sites excluding steroid dienone is 1. The van der Waals surface area contributed by atoms with E-state index in [2.05, 4.69) is 11.4 Å². The van der Waals surface area contributed by atoms with Crippen LogP contribution in [-0.2, 0) is 23.9 Å². The summed E-state index contributed by atoms with van der Waals surface area (Å²) in [6.07, 6.45) is 9.00. The van der Waals surface area contributed by atoms with E-state index in [1.165, 1.54) is 0 Å². The lowest BCUT2D eigenvalue weighted by Crippen LogP contribution is -2.55. The van der Waals surface area contributed by atoms with Gasteiger partial charge < -0.3 is 35.1 Å². The number of rotatable bonds is 7. The molecule has 4 fully saturated rings. The fraction of sp³-hybridized carbons (Fsp3) is 0.488. The molecule has 8 rings (SSSR count). The van der Waals surface area contributed by atoms with E-state index in [1.54, 1.807) is 12.0 Å². The zero-order valence-electron chi connectivity index (χ0n) is 30.1. The normalized spacial score (nSPS) is 29.9. The maximum atomic E-state index is 14.7. The molecule has 53 heavy (non-hydrogen) atoms. The van der Waals surface area contributed by atoms with Crippen molar-refractivity contribution in [2.24, 2.45) is 17.6 Å². The first-order valence-electron chi connectivity index (χ1n) is 18.9. The van der Waals surface area contributed by atoms with Crippen LogP contribution in [0.4, 0.5) is 0 Å². The van der Waals surface area contributed by atoms with Gasteiger partial charge >= 0.3 is 0 Å². The number of primary amides is 1. The highest BCUT2D eigenvalue weighted by atomic mass is 16.5. The molecule has 4 aliphatic heterocycles. The number of aromatic nitrogens is 1. The standard InChI is InChI=1S/C41H47N5O7/c1-51-29-14-15-32-34(18-29)43-33(25-10-7-5-8-11-25)20-36(32)53-31-19-35-38(48)44-41(40(42)50)21-27(41)13-9-4-2-3-6-12-26(39(49)46(35)23-31)16-37(47)45-22-30-17-28(45)24-52-30/h5,7-11,13-15,18,20,26-28,30-31,35H,2-4,6,12,16-17,19,21-24H2,1H3,(H2,42,50)(H,44,48)/t26-,27-,28?,30?,31-,35+,41-/m1/s1. The second-order valence-electron chi connectivity index (χ2n) is 15.2. The Bertz CT molecular complexity index is 1940. The van der Waals surface area contributed by atoms with E-state index >= 15 is 0 Å². The number of fused-ring (bicyclic) bond motifs is 5. The minimum atomic E-state index is -1.20. The first kappa shape index (κ1) is 35.1. The van der Waals surface area contributed by atoms with Crippen LogP contribution in [0.15, 0.2) is 66.7 Å². The van der Waals surface area contributed by atoms with Crippen LogP contribution in [0.3, 0.4) is 0 Å². The third kappa shape index (κ3) is 6.96. The Balaban J connectivity index is 1.11. The molecule has 278 valence electrons. The third-order valence-corrected chi connectivity index (χ3v) is 11.8. The first-order chi connectivity index (χ1) is 25.7. The average Bonchev–Trinajstić information content (AvgIpc) is 3.50. The maximum absolute atomic E-state index is 14.7. The highest BCUT2D eigenvalue weighted by Crippen LogP contribution is 2.45. The predicted octanol–water partition coefficient (Wildman–Crippen LogP) is 4.15.